The van der Waals surface area contributed by atoms with Crippen molar-refractivity contribution in [3.63, 3.8) is 0 Å². The number of ether oxygens (including phenoxy) is 1. The predicted molar refractivity (Wildman–Crippen MR) is 61.9 cm³/mol. The van der Waals surface area contributed by atoms with Crippen LogP contribution in [0.4, 0.5) is 0 Å². The Labute approximate surface area is 102 Å². The number of nitrogens with zero attached hydrogens (tertiary/aromatic N) is 2. The van der Waals surface area contributed by atoms with Gasteiger partial charge in [0.05, 0.1) is 0 Å². The molecule has 5 nitrogen and oxygen atoms in total. The third-order valence-electron chi connectivity index (χ3n) is 2.22. The molecule has 0 aromatic carbocycles. The molecule has 0 spiro atoms. The molecule has 90 valence electrons. The molecule has 1 unspecified atom stereocenters. The number of hydrogen-bond donors (Lipinski definition) is 0. The molecule has 2 heterocycles. The molecule has 17 heavy (non-hydrogen) atoms. The van der Waals surface area contributed by atoms with Crippen molar-refractivity contribution in [3.8, 4) is 0 Å². The van der Waals surface area contributed by atoms with Crippen LogP contribution >= 0.6 is 11.3 Å². The van der Waals surface area contributed by atoms with Gasteiger partial charge >= 0.3 is 5.97 Å². The summed E-state index contributed by atoms with van der Waals surface area (Å²) in [5.41, 5.74) is 0.911. The van der Waals surface area contributed by atoms with Crippen molar-refractivity contribution in [2.45, 2.75) is 26.9 Å². The van der Waals surface area contributed by atoms with Gasteiger partial charge in [-0.15, -0.1) is 11.3 Å². The fourth-order valence-corrected chi connectivity index (χ4v) is 2.13. The highest BCUT2D eigenvalue weighted by molar-refractivity contribution is 7.12. The van der Waals surface area contributed by atoms with Crippen molar-refractivity contribution in [1.82, 2.24) is 10.1 Å². The first-order chi connectivity index (χ1) is 8.08. The largest absolute Gasteiger partial charge is 0.448 e. The lowest BCUT2D eigenvalue weighted by Crippen LogP contribution is -2.09. The molecule has 0 saturated carbocycles. The number of carbonyl (C=O) groups excluding carboxylic acids is 1. The molecule has 2 aromatic heterocycles. The Morgan fingerprint density at radius 3 is 2.82 bits per heavy atom. The molecular formula is C11H12N2O3S. The maximum Gasteiger partial charge on any atom is 0.349 e. The van der Waals surface area contributed by atoms with E-state index in [1.54, 1.807) is 13.8 Å². The SMILES string of the molecule is Cc1noc(C(C)OC(=O)c2sccc2C)n1. The van der Waals surface area contributed by atoms with Gasteiger partial charge < -0.3 is 9.26 Å². The summed E-state index contributed by atoms with van der Waals surface area (Å²) in [5.74, 6) is 0.473. The smallest absolute Gasteiger partial charge is 0.349 e. The minimum Gasteiger partial charge on any atom is -0.448 e. The molecule has 0 radical (unpaired) electrons. The fraction of sp³-hybridized carbons (Fsp3) is 0.364. The van der Waals surface area contributed by atoms with E-state index in [0.29, 0.717) is 16.6 Å². The Bertz CT molecular complexity index is 532. The summed E-state index contributed by atoms with van der Waals surface area (Å²) in [5, 5.41) is 5.51. The van der Waals surface area contributed by atoms with Gasteiger partial charge in [0.15, 0.2) is 11.9 Å². The van der Waals surface area contributed by atoms with Crippen LogP contribution in [0, 0.1) is 13.8 Å². The third kappa shape index (κ3) is 2.52. The lowest BCUT2D eigenvalue weighted by molar-refractivity contribution is 0.0270. The van der Waals surface area contributed by atoms with Gasteiger partial charge in [0.2, 0.25) is 0 Å². The van der Waals surface area contributed by atoms with Crippen LogP contribution in [0.15, 0.2) is 16.0 Å². The van der Waals surface area contributed by atoms with Crippen LogP contribution < -0.4 is 0 Å². The van der Waals surface area contributed by atoms with E-state index in [9.17, 15) is 4.79 Å². The first-order valence-electron chi connectivity index (χ1n) is 5.13. The zero-order chi connectivity index (χ0) is 12.4. The summed E-state index contributed by atoms with van der Waals surface area (Å²) in [6, 6.07) is 1.88. The van der Waals surface area contributed by atoms with E-state index in [4.69, 9.17) is 9.26 Å². The quantitative estimate of drug-likeness (QED) is 0.786. The minimum atomic E-state index is -0.537. The van der Waals surface area contributed by atoms with Crippen molar-refractivity contribution < 1.29 is 14.1 Å². The van der Waals surface area contributed by atoms with E-state index in [2.05, 4.69) is 10.1 Å². The molecule has 0 aliphatic carbocycles. The van der Waals surface area contributed by atoms with Crippen LogP contribution in [0.5, 0.6) is 0 Å². The number of rotatable bonds is 3. The van der Waals surface area contributed by atoms with Crippen LogP contribution in [-0.2, 0) is 4.74 Å². The van der Waals surface area contributed by atoms with Gasteiger partial charge in [-0.05, 0) is 37.8 Å². The van der Waals surface area contributed by atoms with E-state index in [1.165, 1.54) is 11.3 Å². The zero-order valence-electron chi connectivity index (χ0n) is 9.76. The maximum absolute atomic E-state index is 11.8. The van der Waals surface area contributed by atoms with Gasteiger partial charge in [-0.3, -0.25) is 0 Å². The van der Waals surface area contributed by atoms with Gasteiger partial charge in [-0.25, -0.2) is 4.79 Å². The Kier molecular flexibility index (Phi) is 3.23. The Morgan fingerprint density at radius 2 is 2.29 bits per heavy atom. The summed E-state index contributed by atoms with van der Waals surface area (Å²) in [4.78, 5) is 16.4. The molecule has 0 aliphatic heterocycles. The van der Waals surface area contributed by atoms with E-state index in [-0.39, 0.29) is 5.97 Å². The summed E-state index contributed by atoms with van der Waals surface area (Å²) in [7, 11) is 0. The second kappa shape index (κ2) is 4.67. The zero-order valence-corrected chi connectivity index (χ0v) is 10.6. The lowest BCUT2D eigenvalue weighted by atomic mass is 10.3. The van der Waals surface area contributed by atoms with E-state index in [1.807, 2.05) is 18.4 Å². The lowest BCUT2D eigenvalue weighted by Gasteiger charge is -2.08. The Balaban J connectivity index is 2.07. The maximum atomic E-state index is 11.8. The highest BCUT2D eigenvalue weighted by Gasteiger charge is 2.20. The second-order valence-electron chi connectivity index (χ2n) is 3.66. The van der Waals surface area contributed by atoms with Crippen LogP contribution in [0.2, 0.25) is 0 Å². The van der Waals surface area contributed by atoms with Crippen molar-refractivity contribution in [1.29, 1.82) is 0 Å². The van der Waals surface area contributed by atoms with E-state index < -0.39 is 6.10 Å². The van der Waals surface area contributed by atoms with Crippen molar-refractivity contribution in [2.75, 3.05) is 0 Å². The van der Waals surface area contributed by atoms with Crippen LogP contribution in [0.25, 0.3) is 0 Å². The van der Waals surface area contributed by atoms with Gasteiger partial charge in [-0.1, -0.05) is 5.16 Å². The van der Waals surface area contributed by atoms with Gasteiger partial charge in [0.1, 0.15) is 4.88 Å². The predicted octanol–water partition coefficient (Wildman–Crippen LogP) is 2.67. The molecule has 0 bridgehead atoms. The van der Waals surface area contributed by atoms with Gasteiger partial charge in [0.25, 0.3) is 5.89 Å². The van der Waals surface area contributed by atoms with Crippen molar-refractivity contribution in [2.24, 2.45) is 0 Å². The summed E-state index contributed by atoms with van der Waals surface area (Å²) in [6.45, 7) is 5.29. The molecule has 1 atom stereocenters. The molecule has 2 rings (SSSR count). The third-order valence-corrected chi connectivity index (χ3v) is 3.22. The number of carbonyl (C=O) groups is 1. The minimum absolute atomic E-state index is 0.310. The number of thiophene rings is 1. The first-order valence-corrected chi connectivity index (χ1v) is 6.01. The van der Waals surface area contributed by atoms with Gasteiger partial charge in [0, 0.05) is 0 Å². The highest BCUT2D eigenvalue weighted by Crippen LogP contribution is 2.21. The average Bonchev–Trinajstić information content (AvgIpc) is 2.86. The summed E-state index contributed by atoms with van der Waals surface area (Å²) < 4.78 is 10.2. The number of aryl methyl sites for hydroxylation is 2. The summed E-state index contributed by atoms with van der Waals surface area (Å²) in [6.07, 6.45) is -0.537. The number of hydrogen-bond acceptors (Lipinski definition) is 6. The monoisotopic (exact) mass is 252 g/mol. The van der Waals surface area contributed by atoms with Crippen LogP contribution in [0.3, 0.4) is 0 Å². The van der Waals surface area contributed by atoms with Crippen molar-refractivity contribution in [3.05, 3.63) is 33.6 Å². The Hall–Kier alpha value is -1.69. The van der Waals surface area contributed by atoms with Gasteiger partial charge in [-0.2, -0.15) is 4.98 Å². The Morgan fingerprint density at radius 1 is 1.53 bits per heavy atom. The molecule has 0 saturated heterocycles. The molecule has 0 amide bonds. The van der Waals surface area contributed by atoms with Crippen molar-refractivity contribution >= 4 is 17.3 Å². The average molecular weight is 252 g/mol. The molecule has 6 heteroatoms. The van der Waals surface area contributed by atoms with Crippen LogP contribution in [-0.4, -0.2) is 16.1 Å². The molecule has 0 fully saturated rings. The topological polar surface area (TPSA) is 65.2 Å². The fourth-order valence-electron chi connectivity index (χ4n) is 1.32. The summed E-state index contributed by atoms with van der Waals surface area (Å²) >= 11 is 1.36. The number of esters is 1. The second-order valence-corrected chi connectivity index (χ2v) is 4.58. The normalized spacial score (nSPS) is 12.4. The first kappa shape index (κ1) is 11.8. The molecule has 0 N–H and O–H groups in total. The molecule has 2 aromatic rings. The van der Waals surface area contributed by atoms with Crippen LogP contribution in [0.1, 0.15) is 40.0 Å². The molecular weight excluding hydrogens is 240 g/mol. The number of aromatic nitrogens is 2. The highest BCUT2D eigenvalue weighted by atomic mass is 32.1. The van der Waals surface area contributed by atoms with E-state index in [0.717, 1.165) is 5.56 Å². The molecule has 0 aliphatic rings. The van der Waals surface area contributed by atoms with E-state index >= 15 is 0 Å². The standard InChI is InChI=1S/C11H12N2O3S/c1-6-4-5-17-9(6)11(14)15-7(2)10-12-8(3)13-16-10/h4-5,7H,1-3H3.